The van der Waals surface area contributed by atoms with Gasteiger partial charge in [-0.2, -0.15) is 0 Å². The predicted octanol–water partition coefficient (Wildman–Crippen LogP) is 4.87. The average molecular weight is 425 g/mol. The van der Waals surface area contributed by atoms with Crippen LogP contribution in [0.4, 0.5) is 5.13 Å². The van der Waals surface area contributed by atoms with E-state index in [1.54, 1.807) is 6.26 Å². The van der Waals surface area contributed by atoms with Gasteiger partial charge in [0.25, 0.3) is 0 Å². The third kappa shape index (κ3) is 4.96. The lowest BCUT2D eigenvalue weighted by Gasteiger charge is -2.16. The molecule has 1 unspecified atom stereocenters. The number of hydrogen-bond donors (Lipinski definition) is 2. The molecular formula is C21H20N4O2S2. The van der Waals surface area contributed by atoms with Crippen LogP contribution in [-0.4, -0.2) is 21.9 Å². The van der Waals surface area contributed by atoms with E-state index in [0.29, 0.717) is 17.4 Å². The molecule has 0 saturated heterocycles. The van der Waals surface area contributed by atoms with Crippen LogP contribution in [-0.2, 0) is 11.3 Å². The topological polar surface area (TPSA) is 80.0 Å². The highest BCUT2D eigenvalue weighted by Gasteiger charge is 2.14. The van der Waals surface area contributed by atoms with Crippen LogP contribution in [0.3, 0.4) is 0 Å². The van der Waals surface area contributed by atoms with E-state index in [9.17, 15) is 4.79 Å². The highest BCUT2D eigenvalue weighted by molar-refractivity contribution is 8.01. The maximum absolute atomic E-state index is 12.4. The van der Waals surface area contributed by atoms with E-state index in [1.165, 1.54) is 28.5 Å². The van der Waals surface area contributed by atoms with Crippen molar-refractivity contribution in [3.05, 3.63) is 72.2 Å². The summed E-state index contributed by atoms with van der Waals surface area (Å²) in [6, 6.07) is 18.0. The Hall–Kier alpha value is -2.84. The molecule has 4 rings (SSSR count). The van der Waals surface area contributed by atoms with Crippen LogP contribution in [0.15, 0.2) is 69.6 Å². The Labute approximate surface area is 176 Å². The van der Waals surface area contributed by atoms with E-state index in [4.69, 9.17) is 4.42 Å². The number of nitrogens with zero attached hydrogens (tertiary/aromatic N) is 2. The molecule has 4 aromatic rings. The minimum Gasteiger partial charge on any atom is -0.467 e. The Balaban J connectivity index is 1.29. The van der Waals surface area contributed by atoms with Crippen molar-refractivity contribution in [2.24, 2.45) is 0 Å². The molecule has 1 amide bonds. The van der Waals surface area contributed by atoms with E-state index < -0.39 is 0 Å². The molecule has 8 heteroatoms. The summed E-state index contributed by atoms with van der Waals surface area (Å²) in [4.78, 5) is 12.4. The fraction of sp³-hybridized carbons (Fsp3) is 0.190. The second-order valence-electron chi connectivity index (χ2n) is 6.45. The molecule has 6 nitrogen and oxygen atoms in total. The molecule has 0 bridgehead atoms. The third-order valence-corrected chi connectivity index (χ3v) is 6.41. The third-order valence-electron chi connectivity index (χ3n) is 4.39. The number of anilines is 1. The number of carbonyl (C=O) groups is 1. The van der Waals surface area contributed by atoms with Crippen molar-refractivity contribution >= 4 is 44.9 Å². The molecule has 0 aliphatic carbocycles. The van der Waals surface area contributed by atoms with E-state index in [-0.39, 0.29) is 11.9 Å². The first-order chi connectivity index (χ1) is 14.2. The molecule has 0 aliphatic rings. The molecule has 2 heterocycles. The van der Waals surface area contributed by atoms with Crippen molar-refractivity contribution in [2.75, 3.05) is 11.1 Å². The molecule has 0 radical (unpaired) electrons. The largest absolute Gasteiger partial charge is 0.467 e. The van der Waals surface area contributed by atoms with Gasteiger partial charge >= 0.3 is 0 Å². The number of nitrogens with one attached hydrogen (secondary N) is 2. The van der Waals surface area contributed by atoms with Gasteiger partial charge in [0.15, 0.2) is 4.34 Å². The molecule has 2 aromatic carbocycles. The molecule has 148 valence electrons. The minimum absolute atomic E-state index is 0.0317. The molecule has 0 saturated carbocycles. The molecule has 1 atom stereocenters. The number of rotatable bonds is 8. The summed E-state index contributed by atoms with van der Waals surface area (Å²) in [6.45, 7) is 2.56. The molecular weight excluding hydrogens is 404 g/mol. The zero-order valence-corrected chi connectivity index (χ0v) is 17.4. The summed E-state index contributed by atoms with van der Waals surface area (Å²) < 4.78 is 6.03. The van der Waals surface area contributed by atoms with E-state index >= 15 is 0 Å². The van der Waals surface area contributed by atoms with E-state index in [2.05, 4.69) is 45.1 Å². The Morgan fingerprint density at radius 3 is 2.86 bits per heavy atom. The van der Waals surface area contributed by atoms with Gasteiger partial charge in [0, 0.05) is 0 Å². The number of furan rings is 1. The monoisotopic (exact) mass is 424 g/mol. The zero-order chi connectivity index (χ0) is 20.1. The first-order valence-corrected chi connectivity index (χ1v) is 11.0. The maximum atomic E-state index is 12.4. The van der Waals surface area contributed by atoms with Crippen molar-refractivity contribution in [3.63, 3.8) is 0 Å². The van der Waals surface area contributed by atoms with Crippen LogP contribution in [0.25, 0.3) is 10.8 Å². The van der Waals surface area contributed by atoms with Crippen LogP contribution in [0.2, 0.25) is 0 Å². The van der Waals surface area contributed by atoms with Crippen molar-refractivity contribution in [1.82, 2.24) is 15.5 Å². The Morgan fingerprint density at radius 2 is 2.00 bits per heavy atom. The first-order valence-electron chi connectivity index (χ1n) is 9.18. The number of benzene rings is 2. The van der Waals surface area contributed by atoms with Crippen molar-refractivity contribution in [3.8, 4) is 0 Å². The fourth-order valence-electron chi connectivity index (χ4n) is 3.03. The lowest BCUT2D eigenvalue weighted by Crippen LogP contribution is -2.28. The summed E-state index contributed by atoms with van der Waals surface area (Å²) >= 11 is 2.80. The first kappa shape index (κ1) is 19.5. The smallest absolute Gasteiger partial charge is 0.230 e. The van der Waals surface area contributed by atoms with E-state index in [0.717, 1.165) is 21.0 Å². The number of amides is 1. The number of hydrogen-bond acceptors (Lipinski definition) is 7. The van der Waals surface area contributed by atoms with Gasteiger partial charge in [0.05, 0.1) is 24.6 Å². The van der Waals surface area contributed by atoms with Gasteiger partial charge in [-0.05, 0) is 35.4 Å². The summed E-state index contributed by atoms with van der Waals surface area (Å²) in [5, 5.41) is 17.5. The summed E-state index contributed by atoms with van der Waals surface area (Å²) in [5.74, 6) is 1.09. The number of thioether (sulfide) groups is 1. The average Bonchev–Trinajstić information content (AvgIpc) is 3.42. The van der Waals surface area contributed by atoms with Gasteiger partial charge in [-0.15, -0.1) is 10.2 Å². The quantitative estimate of drug-likeness (QED) is 0.393. The van der Waals surface area contributed by atoms with Crippen LogP contribution in [0.5, 0.6) is 0 Å². The summed E-state index contributed by atoms with van der Waals surface area (Å²) in [6.07, 6.45) is 1.64. The Morgan fingerprint density at radius 1 is 1.14 bits per heavy atom. The van der Waals surface area contributed by atoms with E-state index in [1.807, 2.05) is 37.3 Å². The molecule has 0 fully saturated rings. The van der Waals surface area contributed by atoms with Gasteiger partial charge in [-0.25, -0.2) is 0 Å². The summed E-state index contributed by atoms with van der Waals surface area (Å²) in [5.41, 5.74) is 1.11. The van der Waals surface area contributed by atoms with Crippen LogP contribution in [0.1, 0.15) is 24.3 Å². The lowest BCUT2D eigenvalue weighted by atomic mass is 10.00. The maximum Gasteiger partial charge on any atom is 0.230 e. The standard InChI is InChI=1S/C21H20N4O2S2/c1-14(17-10-4-7-15-6-2-3-9-18(15)17)23-19(26)13-28-21-25-24-20(29-21)22-12-16-8-5-11-27-16/h2-11,14H,12-13H2,1H3,(H,22,24)(H,23,26). The van der Waals surface area contributed by atoms with Gasteiger partial charge in [-0.1, -0.05) is 65.6 Å². The minimum atomic E-state index is -0.0749. The van der Waals surface area contributed by atoms with Gasteiger partial charge < -0.3 is 15.1 Å². The zero-order valence-electron chi connectivity index (χ0n) is 15.8. The van der Waals surface area contributed by atoms with Gasteiger partial charge in [0.1, 0.15) is 5.76 Å². The summed E-state index contributed by atoms with van der Waals surface area (Å²) in [7, 11) is 0. The predicted molar refractivity (Wildman–Crippen MR) is 117 cm³/mol. The van der Waals surface area contributed by atoms with Gasteiger partial charge in [0.2, 0.25) is 11.0 Å². The Bertz CT molecular complexity index is 1090. The highest BCUT2D eigenvalue weighted by atomic mass is 32.2. The fourth-order valence-corrected chi connectivity index (χ4v) is 4.59. The normalized spacial score (nSPS) is 12.0. The molecule has 2 aromatic heterocycles. The lowest BCUT2D eigenvalue weighted by molar-refractivity contribution is -0.119. The molecule has 29 heavy (non-hydrogen) atoms. The van der Waals surface area contributed by atoms with Crippen molar-refractivity contribution in [2.45, 2.75) is 23.8 Å². The SMILES string of the molecule is CC(NC(=O)CSc1nnc(NCc2ccco2)s1)c1cccc2ccccc12. The van der Waals surface area contributed by atoms with Crippen LogP contribution < -0.4 is 10.6 Å². The number of aromatic nitrogens is 2. The van der Waals surface area contributed by atoms with Crippen LogP contribution >= 0.6 is 23.1 Å². The Kier molecular flexibility index (Phi) is 6.12. The van der Waals surface area contributed by atoms with Crippen molar-refractivity contribution < 1.29 is 9.21 Å². The second-order valence-corrected chi connectivity index (χ2v) is 8.65. The highest BCUT2D eigenvalue weighted by Crippen LogP contribution is 2.27. The second kappa shape index (κ2) is 9.11. The number of carbonyl (C=O) groups excluding carboxylic acids is 1. The van der Waals surface area contributed by atoms with Gasteiger partial charge in [-0.3, -0.25) is 4.79 Å². The molecule has 2 N–H and O–H groups in total. The van der Waals surface area contributed by atoms with Crippen molar-refractivity contribution in [1.29, 1.82) is 0 Å². The number of fused-ring (bicyclic) bond motifs is 1. The van der Waals surface area contributed by atoms with Crippen LogP contribution in [0, 0.1) is 0 Å². The molecule has 0 spiro atoms. The molecule has 0 aliphatic heterocycles.